The largest absolute Gasteiger partial charge is 0.493 e. The second kappa shape index (κ2) is 9.77. The first kappa shape index (κ1) is 21.8. The minimum atomic E-state index is -0.439. The number of fused-ring (bicyclic) bond motifs is 1. The van der Waals surface area contributed by atoms with Crippen molar-refractivity contribution in [3.8, 4) is 5.75 Å². The summed E-state index contributed by atoms with van der Waals surface area (Å²) in [6, 6.07) is 7.72. The SMILES string of the molecule is CCCOc1ccccc1[C@H]1C(C(=O)OC[C@H]2CCCO2)=C(C)N=C2CCCC(=O)C21. The molecule has 2 aliphatic heterocycles. The molecule has 6 heteroatoms. The zero-order chi connectivity index (χ0) is 21.8. The maximum absolute atomic E-state index is 13.3. The quantitative estimate of drug-likeness (QED) is 0.606. The van der Waals surface area contributed by atoms with Crippen LogP contribution in [0.5, 0.6) is 5.75 Å². The van der Waals surface area contributed by atoms with Crippen LogP contribution in [-0.2, 0) is 19.1 Å². The van der Waals surface area contributed by atoms with E-state index in [1.165, 1.54) is 0 Å². The van der Waals surface area contributed by atoms with Gasteiger partial charge in [-0.3, -0.25) is 9.79 Å². The van der Waals surface area contributed by atoms with Gasteiger partial charge in [-0.15, -0.1) is 0 Å². The smallest absolute Gasteiger partial charge is 0.336 e. The highest BCUT2D eigenvalue weighted by Crippen LogP contribution is 2.45. The Kier molecular flexibility index (Phi) is 6.86. The number of hydrogen-bond acceptors (Lipinski definition) is 6. The second-order valence-corrected chi connectivity index (χ2v) is 8.50. The molecule has 2 heterocycles. The van der Waals surface area contributed by atoms with Crippen molar-refractivity contribution in [3.05, 3.63) is 41.1 Å². The summed E-state index contributed by atoms with van der Waals surface area (Å²) in [5, 5.41) is 0. The molecule has 1 saturated heterocycles. The molecule has 6 nitrogen and oxygen atoms in total. The van der Waals surface area contributed by atoms with Gasteiger partial charge in [-0.1, -0.05) is 25.1 Å². The molecular formula is C25H31NO5. The molecule has 3 atom stereocenters. The predicted octanol–water partition coefficient (Wildman–Crippen LogP) is 4.38. The van der Waals surface area contributed by atoms with Gasteiger partial charge in [-0.05, 0) is 45.1 Å². The first-order valence-corrected chi connectivity index (χ1v) is 11.4. The van der Waals surface area contributed by atoms with Crippen LogP contribution in [0, 0.1) is 5.92 Å². The molecule has 1 aromatic rings. The molecule has 4 rings (SSSR count). The zero-order valence-electron chi connectivity index (χ0n) is 18.4. The van der Waals surface area contributed by atoms with Crippen molar-refractivity contribution in [1.82, 2.24) is 0 Å². The van der Waals surface area contributed by atoms with Gasteiger partial charge in [-0.2, -0.15) is 0 Å². The maximum Gasteiger partial charge on any atom is 0.336 e. The Morgan fingerprint density at radius 2 is 2.03 bits per heavy atom. The Labute approximate surface area is 183 Å². The minimum absolute atomic E-state index is 0.0533. The summed E-state index contributed by atoms with van der Waals surface area (Å²) in [6.07, 6.45) is 4.79. The van der Waals surface area contributed by atoms with Crippen LogP contribution in [0.2, 0.25) is 0 Å². The first-order valence-electron chi connectivity index (χ1n) is 11.4. The lowest BCUT2D eigenvalue weighted by Crippen LogP contribution is -2.39. The number of allylic oxidation sites excluding steroid dienone is 1. The number of ketones is 1. The van der Waals surface area contributed by atoms with E-state index in [1.807, 2.05) is 31.2 Å². The minimum Gasteiger partial charge on any atom is -0.493 e. The van der Waals surface area contributed by atoms with Crippen LogP contribution >= 0.6 is 0 Å². The number of ether oxygens (including phenoxy) is 3. The molecule has 1 aliphatic carbocycles. The molecule has 3 aliphatic rings. The Hall–Kier alpha value is -2.47. The van der Waals surface area contributed by atoms with E-state index in [0.717, 1.165) is 43.4 Å². The highest BCUT2D eigenvalue weighted by atomic mass is 16.6. The zero-order valence-corrected chi connectivity index (χ0v) is 18.4. The Balaban J connectivity index is 1.72. The molecule has 0 radical (unpaired) electrons. The van der Waals surface area contributed by atoms with Gasteiger partial charge in [0, 0.05) is 35.9 Å². The van der Waals surface area contributed by atoms with E-state index in [2.05, 4.69) is 6.92 Å². The maximum atomic E-state index is 13.3. The average molecular weight is 426 g/mol. The van der Waals surface area contributed by atoms with Crippen molar-refractivity contribution in [2.24, 2.45) is 10.9 Å². The summed E-state index contributed by atoms with van der Waals surface area (Å²) >= 11 is 0. The lowest BCUT2D eigenvalue weighted by atomic mass is 9.69. The topological polar surface area (TPSA) is 74.2 Å². The fourth-order valence-corrected chi connectivity index (χ4v) is 4.82. The van der Waals surface area contributed by atoms with Gasteiger partial charge in [0.2, 0.25) is 0 Å². The van der Waals surface area contributed by atoms with Crippen LogP contribution in [0.1, 0.15) is 63.9 Å². The standard InChI is InChI=1S/C25H31NO5/c1-3-13-30-21-12-5-4-9-18(21)23-22(25(28)31-15-17-8-7-14-29-17)16(2)26-19-10-6-11-20(27)24(19)23/h4-5,9,12,17,23-24H,3,6-8,10-11,13-15H2,1-2H3/t17-,23+,24?/m1/s1. The Bertz CT molecular complexity index is 897. The Morgan fingerprint density at radius 1 is 1.19 bits per heavy atom. The van der Waals surface area contributed by atoms with Crippen LogP contribution < -0.4 is 4.74 Å². The molecule has 0 aromatic heterocycles. The molecule has 2 fully saturated rings. The number of esters is 1. The van der Waals surface area contributed by atoms with Crippen LogP contribution in [0.3, 0.4) is 0 Å². The summed E-state index contributed by atoms with van der Waals surface area (Å²) in [6.45, 7) is 5.40. The van der Waals surface area contributed by atoms with Crippen molar-refractivity contribution in [1.29, 1.82) is 0 Å². The number of Topliss-reactive ketones (excluding diaryl/α,β-unsaturated/α-hetero) is 1. The second-order valence-electron chi connectivity index (χ2n) is 8.50. The van der Waals surface area contributed by atoms with Crippen molar-refractivity contribution >= 4 is 17.5 Å². The van der Waals surface area contributed by atoms with E-state index >= 15 is 0 Å². The molecule has 31 heavy (non-hydrogen) atoms. The summed E-state index contributed by atoms with van der Waals surface area (Å²) in [4.78, 5) is 31.1. The van der Waals surface area contributed by atoms with Gasteiger partial charge in [0.25, 0.3) is 0 Å². The molecule has 1 saturated carbocycles. The van der Waals surface area contributed by atoms with Gasteiger partial charge in [0.05, 0.1) is 24.2 Å². The Morgan fingerprint density at radius 3 is 2.81 bits per heavy atom. The fraction of sp³-hybridized carbons (Fsp3) is 0.560. The van der Waals surface area contributed by atoms with E-state index in [4.69, 9.17) is 19.2 Å². The van der Waals surface area contributed by atoms with E-state index in [9.17, 15) is 9.59 Å². The van der Waals surface area contributed by atoms with Crippen molar-refractivity contribution in [2.75, 3.05) is 19.8 Å². The number of benzene rings is 1. The van der Waals surface area contributed by atoms with Crippen LogP contribution in [-0.4, -0.2) is 43.4 Å². The van der Waals surface area contributed by atoms with Crippen LogP contribution in [0.25, 0.3) is 0 Å². The van der Waals surface area contributed by atoms with E-state index in [-0.39, 0.29) is 18.5 Å². The fourth-order valence-electron chi connectivity index (χ4n) is 4.82. The third kappa shape index (κ3) is 4.59. The molecule has 0 spiro atoms. The molecule has 1 unspecified atom stereocenters. The van der Waals surface area contributed by atoms with Gasteiger partial charge >= 0.3 is 5.97 Å². The van der Waals surface area contributed by atoms with Crippen LogP contribution in [0.15, 0.2) is 40.5 Å². The number of carbonyl (C=O) groups is 2. The third-order valence-electron chi connectivity index (χ3n) is 6.27. The highest BCUT2D eigenvalue weighted by molar-refractivity contribution is 6.11. The molecule has 0 amide bonds. The van der Waals surface area contributed by atoms with Gasteiger partial charge < -0.3 is 14.2 Å². The third-order valence-corrected chi connectivity index (χ3v) is 6.27. The summed E-state index contributed by atoms with van der Waals surface area (Å²) in [5.74, 6) is -0.438. The monoisotopic (exact) mass is 425 g/mol. The van der Waals surface area contributed by atoms with Crippen LogP contribution in [0.4, 0.5) is 0 Å². The lowest BCUT2D eigenvalue weighted by molar-refractivity contribution is -0.142. The first-order chi connectivity index (χ1) is 15.1. The predicted molar refractivity (Wildman–Crippen MR) is 117 cm³/mol. The lowest BCUT2D eigenvalue weighted by Gasteiger charge is -2.36. The van der Waals surface area contributed by atoms with E-state index < -0.39 is 17.8 Å². The molecule has 0 bridgehead atoms. The number of para-hydroxylation sites is 1. The van der Waals surface area contributed by atoms with Crippen molar-refractivity contribution in [2.45, 2.75) is 64.4 Å². The van der Waals surface area contributed by atoms with Gasteiger partial charge in [0.1, 0.15) is 18.1 Å². The van der Waals surface area contributed by atoms with E-state index in [1.54, 1.807) is 0 Å². The molecule has 0 N–H and O–H groups in total. The highest BCUT2D eigenvalue weighted by Gasteiger charge is 2.44. The number of aliphatic imine (C=N–C) groups is 1. The number of rotatable bonds is 7. The number of nitrogens with zero attached hydrogens (tertiary/aromatic N) is 1. The molecule has 166 valence electrons. The summed E-state index contributed by atoms with van der Waals surface area (Å²) in [7, 11) is 0. The summed E-state index contributed by atoms with van der Waals surface area (Å²) < 4.78 is 17.3. The van der Waals surface area contributed by atoms with Gasteiger partial charge in [-0.25, -0.2) is 4.79 Å². The molecule has 1 aromatic carbocycles. The van der Waals surface area contributed by atoms with E-state index in [0.29, 0.717) is 36.7 Å². The molecular weight excluding hydrogens is 394 g/mol. The normalized spacial score (nSPS) is 25.8. The van der Waals surface area contributed by atoms with Gasteiger partial charge in [0.15, 0.2) is 0 Å². The number of carbonyl (C=O) groups excluding carboxylic acids is 2. The summed E-state index contributed by atoms with van der Waals surface area (Å²) in [5.41, 5.74) is 2.83. The number of hydrogen-bond donors (Lipinski definition) is 0. The van der Waals surface area contributed by atoms with Crippen molar-refractivity contribution in [3.63, 3.8) is 0 Å². The van der Waals surface area contributed by atoms with Crippen molar-refractivity contribution < 1.29 is 23.8 Å². The average Bonchev–Trinajstić information content (AvgIpc) is 3.29.